The Morgan fingerprint density at radius 3 is 2.18 bits per heavy atom. The van der Waals surface area contributed by atoms with E-state index in [-0.39, 0.29) is 10.0 Å². The molecule has 0 aromatic heterocycles. The van der Waals surface area contributed by atoms with Gasteiger partial charge in [-0.2, -0.15) is 31.6 Å². The first-order valence-electron chi connectivity index (χ1n) is 9.22. The summed E-state index contributed by atoms with van der Waals surface area (Å²) in [4.78, 5) is 27.6. The highest BCUT2D eigenvalue weighted by Gasteiger charge is 2.52. The molecule has 0 unspecified atom stereocenters. The molecular weight excluding hydrogens is 520 g/mol. The molecule has 1 heterocycles. The van der Waals surface area contributed by atoms with Crippen LogP contribution in [0.1, 0.15) is 36.1 Å². The number of amides is 3. The Labute approximate surface area is 192 Å². The van der Waals surface area contributed by atoms with Crippen LogP contribution in [0.3, 0.4) is 0 Å². The van der Waals surface area contributed by atoms with E-state index < -0.39 is 58.8 Å². The number of nitrogens with zero attached hydrogens (tertiary/aromatic N) is 3. The third-order valence-electron chi connectivity index (χ3n) is 5.21. The Hall–Kier alpha value is -3.07. The first-order valence-corrected chi connectivity index (χ1v) is 10.0. The summed E-state index contributed by atoms with van der Waals surface area (Å²) in [5.74, 6) is -0.867. The number of nitriles is 1. The summed E-state index contributed by atoms with van der Waals surface area (Å²) >= 11 is 3.12. The van der Waals surface area contributed by atoms with Gasteiger partial charge in [0.05, 0.1) is 28.4 Å². The maximum Gasteiger partial charge on any atom is 0.417 e. The van der Waals surface area contributed by atoms with Crippen molar-refractivity contribution in [2.45, 2.75) is 38.3 Å². The van der Waals surface area contributed by atoms with Crippen LogP contribution < -0.4 is 4.90 Å². The van der Waals surface area contributed by atoms with Gasteiger partial charge in [-0.1, -0.05) is 15.9 Å². The highest BCUT2D eigenvalue weighted by atomic mass is 79.9. The van der Waals surface area contributed by atoms with Gasteiger partial charge in [0.1, 0.15) is 5.54 Å². The van der Waals surface area contributed by atoms with E-state index in [1.165, 1.54) is 19.9 Å². The third kappa shape index (κ3) is 4.42. The molecule has 5 nitrogen and oxygen atoms in total. The molecule has 3 amide bonds. The van der Waals surface area contributed by atoms with Crippen LogP contribution in [0, 0.1) is 11.3 Å². The molecule has 12 heteroatoms. The van der Waals surface area contributed by atoms with E-state index in [9.17, 15) is 35.9 Å². The minimum atomic E-state index is -4.91. The van der Waals surface area contributed by atoms with Crippen molar-refractivity contribution in [1.29, 1.82) is 5.26 Å². The number of rotatable bonds is 3. The Kier molecular flexibility index (Phi) is 6.00. The van der Waals surface area contributed by atoms with Crippen LogP contribution in [-0.2, 0) is 23.7 Å². The van der Waals surface area contributed by atoms with Gasteiger partial charge in [0, 0.05) is 11.0 Å². The van der Waals surface area contributed by atoms with Crippen LogP contribution in [0.15, 0.2) is 40.9 Å². The third-order valence-corrected chi connectivity index (χ3v) is 5.99. The van der Waals surface area contributed by atoms with Gasteiger partial charge >= 0.3 is 18.4 Å². The van der Waals surface area contributed by atoms with E-state index in [0.717, 1.165) is 35.2 Å². The highest BCUT2D eigenvalue weighted by Crippen LogP contribution is 2.39. The SMILES string of the molecule is CC1(C)C(=O)N(c2ccc(C#N)c(C(F)(F)F)c2)C(=O)N1Cc1cc(C(F)(F)F)ccc1Br. The zero-order valence-corrected chi connectivity index (χ0v) is 18.6. The van der Waals surface area contributed by atoms with Gasteiger partial charge in [0.15, 0.2) is 0 Å². The summed E-state index contributed by atoms with van der Waals surface area (Å²) in [6.45, 7) is 2.26. The molecule has 1 aliphatic rings. The minimum Gasteiger partial charge on any atom is -0.305 e. The summed E-state index contributed by atoms with van der Waals surface area (Å²) in [6.07, 6.45) is -9.55. The fourth-order valence-electron chi connectivity index (χ4n) is 3.37. The van der Waals surface area contributed by atoms with Crippen molar-refractivity contribution >= 4 is 33.6 Å². The molecule has 0 saturated carbocycles. The van der Waals surface area contributed by atoms with Gasteiger partial charge in [0.2, 0.25) is 0 Å². The monoisotopic (exact) mass is 533 g/mol. The molecule has 2 aromatic rings. The van der Waals surface area contributed by atoms with Gasteiger partial charge in [-0.3, -0.25) is 4.79 Å². The summed E-state index contributed by atoms with van der Waals surface area (Å²) in [7, 11) is 0. The van der Waals surface area contributed by atoms with Gasteiger partial charge in [0.25, 0.3) is 5.91 Å². The van der Waals surface area contributed by atoms with Crippen molar-refractivity contribution in [1.82, 2.24) is 4.90 Å². The lowest BCUT2D eigenvalue weighted by Crippen LogP contribution is -2.43. The van der Waals surface area contributed by atoms with E-state index in [2.05, 4.69) is 15.9 Å². The highest BCUT2D eigenvalue weighted by molar-refractivity contribution is 9.10. The zero-order chi connectivity index (χ0) is 24.9. The molecule has 1 aliphatic heterocycles. The Morgan fingerprint density at radius 1 is 1.00 bits per heavy atom. The van der Waals surface area contributed by atoms with Crippen molar-refractivity contribution in [3.8, 4) is 6.07 Å². The fraction of sp³-hybridized carbons (Fsp3) is 0.286. The molecule has 33 heavy (non-hydrogen) atoms. The number of imide groups is 1. The second kappa shape index (κ2) is 8.06. The molecule has 0 atom stereocenters. The average molecular weight is 534 g/mol. The molecule has 0 aliphatic carbocycles. The number of benzene rings is 2. The lowest BCUT2D eigenvalue weighted by atomic mass is 10.0. The van der Waals surface area contributed by atoms with E-state index in [4.69, 9.17) is 5.26 Å². The normalized spacial score (nSPS) is 16.4. The van der Waals surface area contributed by atoms with Crippen LogP contribution >= 0.6 is 15.9 Å². The fourth-order valence-corrected chi connectivity index (χ4v) is 3.75. The van der Waals surface area contributed by atoms with Crippen LogP contribution in [0.5, 0.6) is 0 Å². The van der Waals surface area contributed by atoms with Crippen LogP contribution in [0.4, 0.5) is 36.8 Å². The first kappa shape index (κ1) is 24.6. The summed E-state index contributed by atoms with van der Waals surface area (Å²) in [5.41, 5.74) is -4.90. The van der Waals surface area contributed by atoms with Crippen molar-refractivity contribution in [2.75, 3.05) is 4.90 Å². The predicted octanol–water partition coefficient (Wildman–Crippen LogP) is 6.11. The zero-order valence-electron chi connectivity index (χ0n) is 17.0. The number of carbonyl (C=O) groups is 2. The lowest BCUT2D eigenvalue weighted by Gasteiger charge is -2.28. The van der Waals surface area contributed by atoms with Gasteiger partial charge in [-0.15, -0.1) is 0 Å². The molecule has 174 valence electrons. The number of hydrogen-bond donors (Lipinski definition) is 0. The lowest BCUT2D eigenvalue weighted by molar-refractivity contribution is -0.138. The number of anilines is 1. The topological polar surface area (TPSA) is 64.4 Å². The van der Waals surface area contributed by atoms with Crippen LogP contribution in [0.25, 0.3) is 0 Å². The van der Waals surface area contributed by atoms with Crippen molar-refractivity contribution in [2.24, 2.45) is 0 Å². The van der Waals surface area contributed by atoms with Crippen molar-refractivity contribution < 1.29 is 35.9 Å². The van der Waals surface area contributed by atoms with E-state index in [1.54, 1.807) is 0 Å². The van der Waals surface area contributed by atoms with Gasteiger partial charge in [-0.05, 0) is 55.8 Å². The van der Waals surface area contributed by atoms with Crippen LogP contribution in [0.2, 0.25) is 0 Å². The molecule has 0 N–H and O–H groups in total. The molecule has 0 bridgehead atoms. The maximum absolute atomic E-state index is 13.3. The van der Waals surface area contributed by atoms with E-state index in [1.807, 2.05) is 0 Å². The number of carbonyl (C=O) groups excluding carboxylic acids is 2. The Bertz CT molecular complexity index is 1180. The molecule has 3 rings (SSSR count). The standard InChI is InChI=1S/C21H14BrF6N3O2/c1-19(2)17(32)31(14-5-3-11(9-29)15(8-14)21(26,27)28)18(33)30(19)10-12-7-13(20(23,24)25)4-6-16(12)22/h3-8H,10H2,1-2H3. The molecule has 1 saturated heterocycles. The largest absolute Gasteiger partial charge is 0.417 e. The molecule has 2 aromatic carbocycles. The summed E-state index contributed by atoms with van der Waals surface area (Å²) < 4.78 is 79.6. The first-order chi connectivity index (χ1) is 15.1. The minimum absolute atomic E-state index is 0.0525. The number of hydrogen-bond acceptors (Lipinski definition) is 3. The molecule has 0 radical (unpaired) electrons. The van der Waals surface area contributed by atoms with Gasteiger partial charge in [-0.25, -0.2) is 9.69 Å². The molecule has 1 fully saturated rings. The van der Waals surface area contributed by atoms with E-state index in [0.29, 0.717) is 11.0 Å². The quantitative estimate of drug-likeness (QED) is 0.353. The average Bonchev–Trinajstić information content (AvgIpc) is 2.87. The van der Waals surface area contributed by atoms with Crippen LogP contribution in [-0.4, -0.2) is 22.4 Å². The number of halogens is 7. The predicted molar refractivity (Wildman–Crippen MR) is 108 cm³/mol. The Morgan fingerprint density at radius 2 is 1.64 bits per heavy atom. The smallest absolute Gasteiger partial charge is 0.305 e. The summed E-state index contributed by atoms with van der Waals surface area (Å²) in [6, 6.07) is 5.62. The van der Waals surface area contributed by atoms with Gasteiger partial charge < -0.3 is 4.90 Å². The van der Waals surface area contributed by atoms with Crippen molar-refractivity contribution in [3.63, 3.8) is 0 Å². The van der Waals surface area contributed by atoms with Crippen molar-refractivity contribution in [3.05, 3.63) is 63.1 Å². The second-order valence-electron chi connectivity index (χ2n) is 7.71. The number of urea groups is 1. The second-order valence-corrected chi connectivity index (χ2v) is 8.57. The van der Waals surface area contributed by atoms with E-state index >= 15 is 0 Å². The Balaban J connectivity index is 2.04. The molecule has 0 spiro atoms. The summed E-state index contributed by atoms with van der Waals surface area (Å²) in [5, 5.41) is 8.95. The number of alkyl halides is 6. The molecular formula is C21H14BrF6N3O2. The maximum atomic E-state index is 13.3.